The highest BCUT2D eigenvalue weighted by Gasteiger charge is 2.31. The second-order valence-electron chi connectivity index (χ2n) is 3.48. The highest BCUT2D eigenvalue weighted by Crippen LogP contribution is 2.22. The largest absolute Gasteiger partial charge is 0.463 e. The normalized spacial score (nSPS) is 25.5. The second kappa shape index (κ2) is 4.57. The lowest BCUT2D eigenvalue weighted by atomic mass is 10.3. The molecule has 1 atom stereocenters. The maximum Gasteiger partial charge on any atom is 0.330 e. The molecule has 0 aromatic rings. The van der Waals surface area contributed by atoms with E-state index in [4.69, 9.17) is 14.2 Å². The Bertz CT molecular complexity index is 232. The molecular formula is C10H16O4. The third-order valence-corrected chi connectivity index (χ3v) is 1.76. The van der Waals surface area contributed by atoms with Gasteiger partial charge in [0.2, 0.25) is 0 Å². The van der Waals surface area contributed by atoms with E-state index >= 15 is 0 Å². The molecule has 1 rings (SSSR count). The molecule has 1 aliphatic heterocycles. The summed E-state index contributed by atoms with van der Waals surface area (Å²) in [6, 6.07) is 0. The lowest BCUT2D eigenvalue weighted by molar-refractivity contribution is -0.138. The molecule has 0 radical (unpaired) electrons. The van der Waals surface area contributed by atoms with Gasteiger partial charge in [0.15, 0.2) is 5.79 Å². The molecule has 0 N–H and O–H groups in total. The van der Waals surface area contributed by atoms with Crippen molar-refractivity contribution < 1.29 is 19.0 Å². The number of esters is 1. The molecule has 14 heavy (non-hydrogen) atoms. The molecular weight excluding hydrogens is 184 g/mol. The van der Waals surface area contributed by atoms with E-state index in [0.29, 0.717) is 13.2 Å². The molecule has 0 aliphatic carbocycles. The molecule has 0 amide bonds. The van der Waals surface area contributed by atoms with Crippen LogP contribution < -0.4 is 0 Å². The molecule has 4 nitrogen and oxygen atoms in total. The molecule has 1 fully saturated rings. The fourth-order valence-corrected chi connectivity index (χ4v) is 1.19. The Kier molecular flexibility index (Phi) is 3.66. The lowest BCUT2D eigenvalue weighted by Crippen LogP contribution is -2.20. The van der Waals surface area contributed by atoms with Gasteiger partial charge in [-0.3, -0.25) is 0 Å². The second-order valence-corrected chi connectivity index (χ2v) is 3.48. The number of carbonyl (C=O) groups is 1. The molecule has 0 unspecified atom stereocenters. The molecule has 0 saturated carbocycles. The van der Waals surface area contributed by atoms with E-state index in [1.165, 1.54) is 6.08 Å². The first-order chi connectivity index (χ1) is 6.53. The Hall–Kier alpha value is -0.870. The minimum Gasteiger partial charge on any atom is -0.463 e. The highest BCUT2D eigenvalue weighted by molar-refractivity contribution is 5.81. The summed E-state index contributed by atoms with van der Waals surface area (Å²) in [5.41, 5.74) is 0. The zero-order valence-corrected chi connectivity index (χ0v) is 8.78. The SMILES string of the molecule is CCOC(=O)/C=C/[C@@H]1COC(C)(C)O1. The predicted octanol–water partition coefficient (Wildman–Crippen LogP) is 1.26. The summed E-state index contributed by atoms with van der Waals surface area (Å²) in [5.74, 6) is -0.898. The molecule has 0 spiro atoms. The van der Waals surface area contributed by atoms with Crippen LogP contribution in [-0.4, -0.2) is 31.1 Å². The number of hydrogen-bond acceptors (Lipinski definition) is 4. The molecule has 0 aromatic carbocycles. The third kappa shape index (κ3) is 3.47. The fraction of sp³-hybridized carbons (Fsp3) is 0.700. The van der Waals surface area contributed by atoms with Crippen LogP contribution in [-0.2, 0) is 19.0 Å². The van der Waals surface area contributed by atoms with E-state index in [1.807, 2.05) is 13.8 Å². The number of ether oxygens (including phenoxy) is 3. The summed E-state index contributed by atoms with van der Waals surface area (Å²) >= 11 is 0. The van der Waals surface area contributed by atoms with Gasteiger partial charge in [0.05, 0.1) is 13.2 Å². The summed E-state index contributed by atoms with van der Waals surface area (Å²) in [6.45, 7) is 6.31. The van der Waals surface area contributed by atoms with Crippen LogP contribution in [0.1, 0.15) is 20.8 Å². The van der Waals surface area contributed by atoms with Gasteiger partial charge in [-0.15, -0.1) is 0 Å². The van der Waals surface area contributed by atoms with E-state index in [9.17, 15) is 4.79 Å². The summed E-state index contributed by atoms with van der Waals surface area (Å²) in [6.07, 6.45) is 2.88. The van der Waals surface area contributed by atoms with Gasteiger partial charge in [0, 0.05) is 6.08 Å². The Labute approximate surface area is 83.8 Å². The highest BCUT2D eigenvalue weighted by atomic mass is 16.7. The van der Waals surface area contributed by atoms with Crippen LogP contribution in [0.2, 0.25) is 0 Å². The van der Waals surface area contributed by atoms with Crippen LogP contribution in [0.15, 0.2) is 12.2 Å². The first-order valence-corrected chi connectivity index (χ1v) is 4.70. The van der Waals surface area contributed by atoms with E-state index in [0.717, 1.165) is 0 Å². The van der Waals surface area contributed by atoms with E-state index in [-0.39, 0.29) is 12.1 Å². The van der Waals surface area contributed by atoms with Gasteiger partial charge in [-0.1, -0.05) is 0 Å². The molecule has 1 aliphatic rings. The van der Waals surface area contributed by atoms with Gasteiger partial charge in [0.1, 0.15) is 6.10 Å². The van der Waals surface area contributed by atoms with Crippen molar-refractivity contribution in [1.82, 2.24) is 0 Å². The van der Waals surface area contributed by atoms with Gasteiger partial charge >= 0.3 is 5.97 Å². The van der Waals surface area contributed by atoms with Gasteiger partial charge in [-0.25, -0.2) is 4.79 Å². The monoisotopic (exact) mass is 200 g/mol. The fourth-order valence-electron chi connectivity index (χ4n) is 1.19. The van der Waals surface area contributed by atoms with Crippen molar-refractivity contribution in [3.8, 4) is 0 Å². The van der Waals surface area contributed by atoms with Gasteiger partial charge in [0.25, 0.3) is 0 Å². The molecule has 80 valence electrons. The molecule has 0 aromatic heterocycles. The quantitative estimate of drug-likeness (QED) is 0.508. The molecule has 4 heteroatoms. The van der Waals surface area contributed by atoms with Crippen LogP contribution in [0.5, 0.6) is 0 Å². The summed E-state index contributed by atoms with van der Waals surface area (Å²) in [7, 11) is 0. The number of carbonyl (C=O) groups excluding carboxylic acids is 1. The smallest absolute Gasteiger partial charge is 0.330 e. The Morgan fingerprint density at radius 1 is 1.64 bits per heavy atom. The van der Waals surface area contributed by atoms with Crippen molar-refractivity contribution in [3.63, 3.8) is 0 Å². The topological polar surface area (TPSA) is 44.8 Å². The van der Waals surface area contributed by atoms with Crippen molar-refractivity contribution in [3.05, 3.63) is 12.2 Å². The summed E-state index contributed by atoms with van der Waals surface area (Å²) in [4.78, 5) is 11.0. The summed E-state index contributed by atoms with van der Waals surface area (Å²) < 4.78 is 15.5. The molecule has 1 heterocycles. The standard InChI is InChI=1S/C10H16O4/c1-4-12-9(11)6-5-8-7-13-10(2,3)14-8/h5-6,8H,4,7H2,1-3H3/b6-5+/t8-/m1/s1. The molecule has 1 saturated heterocycles. The van der Waals surface area contributed by atoms with Crippen LogP contribution in [0.4, 0.5) is 0 Å². The zero-order valence-electron chi connectivity index (χ0n) is 8.78. The minimum atomic E-state index is -0.552. The van der Waals surface area contributed by atoms with Crippen molar-refractivity contribution in [2.24, 2.45) is 0 Å². The van der Waals surface area contributed by atoms with Crippen molar-refractivity contribution in [2.45, 2.75) is 32.7 Å². The predicted molar refractivity (Wildman–Crippen MR) is 50.7 cm³/mol. The average molecular weight is 200 g/mol. The van der Waals surface area contributed by atoms with Gasteiger partial charge in [-0.2, -0.15) is 0 Å². The minimum absolute atomic E-state index is 0.158. The first-order valence-electron chi connectivity index (χ1n) is 4.70. The van der Waals surface area contributed by atoms with Crippen molar-refractivity contribution in [2.75, 3.05) is 13.2 Å². The van der Waals surface area contributed by atoms with E-state index in [2.05, 4.69) is 0 Å². The Balaban J connectivity index is 2.35. The zero-order chi connectivity index (χ0) is 10.6. The van der Waals surface area contributed by atoms with Gasteiger partial charge < -0.3 is 14.2 Å². The number of rotatable bonds is 3. The number of hydrogen-bond donors (Lipinski definition) is 0. The summed E-state index contributed by atoms with van der Waals surface area (Å²) in [5, 5.41) is 0. The van der Waals surface area contributed by atoms with Gasteiger partial charge in [-0.05, 0) is 26.8 Å². The maximum absolute atomic E-state index is 11.0. The van der Waals surface area contributed by atoms with Crippen LogP contribution in [0, 0.1) is 0 Å². The Morgan fingerprint density at radius 2 is 2.36 bits per heavy atom. The van der Waals surface area contributed by atoms with Crippen LogP contribution in [0.25, 0.3) is 0 Å². The van der Waals surface area contributed by atoms with Crippen LogP contribution in [0.3, 0.4) is 0 Å². The average Bonchev–Trinajstić information content (AvgIpc) is 2.43. The van der Waals surface area contributed by atoms with E-state index < -0.39 is 5.79 Å². The van der Waals surface area contributed by atoms with Crippen LogP contribution >= 0.6 is 0 Å². The lowest BCUT2D eigenvalue weighted by Gasteiger charge is -2.15. The van der Waals surface area contributed by atoms with E-state index in [1.54, 1.807) is 13.0 Å². The third-order valence-electron chi connectivity index (χ3n) is 1.76. The maximum atomic E-state index is 11.0. The molecule has 0 bridgehead atoms. The Morgan fingerprint density at radius 3 is 2.86 bits per heavy atom. The van der Waals surface area contributed by atoms with Crippen molar-refractivity contribution >= 4 is 5.97 Å². The van der Waals surface area contributed by atoms with Crippen molar-refractivity contribution in [1.29, 1.82) is 0 Å². The first kappa shape index (κ1) is 11.2.